The topological polar surface area (TPSA) is 145 Å². The highest BCUT2D eigenvalue weighted by molar-refractivity contribution is 6.15. The average molecular weight is 236 g/mol. The fourth-order valence-electron chi connectivity index (χ4n) is 1.70. The van der Waals surface area contributed by atoms with Crippen LogP contribution in [0.2, 0.25) is 0 Å². The van der Waals surface area contributed by atoms with Gasteiger partial charge in [0.25, 0.3) is 16.6 Å². The molecule has 0 aliphatic rings. The predicted molar refractivity (Wildman–Crippen MR) is 44.9 cm³/mol. The van der Waals surface area contributed by atoms with Crippen LogP contribution < -0.4 is 9.81 Å². The Bertz CT molecular complexity index is 840. The summed E-state index contributed by atoms with van der Waals surface area (Å²) in [5.41, 5.74) is 0.159. The van der Waals surface area contributed by atoms with Crippen LogP contribution in [0.25, 0.3) is 33.1 Å². The Kier molecular flexibility index (Phi) is 1.16. The molecule has 0 unspecified atom stereocenters. The molecule has 0 saturated carbocycles. The molecule has 0 aliphatic heterocycles. The van der Waals surface area contributed by atoms with Gasteiger partial charge in [0.1, 0.15) is 0 Å². The van der Waals surface area contributed by atoms with Crippen LogP contribution in [0, 0.1) is 10.4 Å². The zero-order valence-corrected chi connectivity index (χ0v) is 7.72. The number of aromatic nitrogens is 6. The monoisotopic (exact) mass is 236 g/mol. The maximum atomic E-state index is 11.4. The minimum absolute atomic E-state index is 0.0190. The maximum Gasteiger partial charge on any atom is 0.306 e. The lowest BCUT2D eigenvalue weighted by molar-refractivity contribution is -0.782. The highest BCUT2D eigenvalue weighted by Crippen LogP contribution is 2.26. The third-order valence-corrected chi connectivity index (χ3v) is 2.39. The molecule has 0 saturated heterocycles. The normalized spacial score (nSPS) is 12.0. The second kappa shape index (κ2) is 2.40. The molecule has 0 spiro atoms. The van der Waals surface area contributed by atoms with E-state index in [-0.39, 0.29) is 42.9 Å². The molecule has 0 bridgehead atoms. The first kappa shape index (κ1) is 8.20. The minimum Gasteiger partial charge on any atom is -0.359 e. The van der Waals surface area contributed by atoms with E-state index in [4.69, 9.17) is 0 Å². The van der Waals surface area contributed by atoms with Crippen molar-refractivity contribution in [3.05, 3.63) is 10.4 Å². The molecule has 4 rings (SSSR count). The lowest BCUT2D eigenvalue weighted by Crippen LogP contribution is -2.25. The Morgan fingerprint density at radius 3 is 1.94 bits per heavy atom. The molecular weight excluding hydrogens is 236 g/mol. The molecule has 0 amide bonds. The van der Waals surface area contributed by atoms with Gasteiger partial charge in [-0.1, -0.05) is 0 Å². The highest BCUT2D eigenvalue weighted by Gasteiger charge is 2.31. The molecule has 0 N–H and O–H groups in total. The third-order valence-electron chi connectivity index (χ3n) is 2.39. The standard InChI is InChI=1S/C6N6O5/c13-11-5-2-1(7-15-8-2)3-6(4(5)10-17-11)12(14)16-9-3. The van der Waals surface area contributed by atoms with Gasteiger partial charge in [-0.05, 0) is 20.1 Å². The molecule has 3 heterocycles. The van der Waals surface area contributed by atoms with Crippen LogP contribution in [0.4, 0.5) is 0 Å². The van der Waals surface area contributed by atoms with Gasteiger partial charge in [0.15, 0.2) is 11.0 Å². The van der Waals surface area contributed by atoms with Gasteiger partial charge in [-0.2, -0.15) is 0 Å². The van der Waals surface area contributed by atoms with Crippen molar-refractivity contribution in [3.8, 4) is 0 Å². The summed E-state index contributed by atoms with van der Waals surface area (Å²) in [6.45, 7) is 0. The van der Waals surface area contributed by atoms with Crippen molar-refractivity contribution in [1.29, 1.82) is 0 Å². The van der Waals surface area contributed by atoms with E-state index in [2.05, 4.69) is 34.5 Å². The minimum atomic E-state index is -0.0680. The molecule has 11 nitrogen and oxygen atoms in total. The first-order valence-electron chi connectivity index (χ1n) is 4.30. The number of hydrogen-bond donors (Lipinski definition) is 0. The van der Waals surface area contributed by atoms with Gasteiger partial charge in [-0.25, -0.2) is 4.63 Å². The van der Waals surface area contributed by atoms with Gasteiger partial charge in [0.2, 0.25) is 0 Å². The first-order chi connectivity index (χ1) is 8.27. The Morgan fingerprint density at radius 2 is 1.24 bits per heavy atom. The van der Waals surface area contributed by atoms with Crippen molar-refractivity contribution < 1.29 is 23.7 Å². The van der Waals surface area contributed by atoms with Crippen LogP contribution in [0.15, 0.2) is 13.9 Å². The van der Waals surface area contributed by atoms with Gasteiger partial charge in [-0.3, -0.25) is 9.26 Å². The quantitative estimate of drug-likeness (QED) is 0.342. The number of rotatable bonds is 0. The highest BCUT2D eigenvalue weighted by atomic mass is 16.8. The van der Waals surface area contributed by atoms with E-state index in [1.165, 1.54) is 0 Å². The van der Waals surface area contributed by atoms with E-state index in [0.29, 0.717) is 0 Å². The fourth-order valence-corrected chi connectivity index (χ4v) is 1.70. The number of benzene rings is 1. The molecule has 0 fully saturated rings. The summed E-state index contributed by atoms with van der Waals surface area (Å²) < 4.78 is 13.3. The van der Waals surface area contributed by atoms with Crippen LogP contribution in [-0.4, -0.2) is 20.6 Å². The number of hydrogen-bond acceptors (Lipinski definition) is 9. The smallest absolute Gasteiger partial charge is 0.306 e. The third kappa shape index (κ3) is 0.780. The van der Waals surface area contributed by atoms with Gasteiger partial charge in [0.05, 0.1) is 5.16 Å². The van der Waals surface area contributed by atoms with Crippen molar-refractivity contribution in [3.63, 3.8) is 0 Å². The maximum absolute atomic E-state index is 11.4. The van der Waals surface area contributed by atoms with Crippen LogP contribution >= 0.6 is 0 Å². The summed E-state index contributed by atoms with van der Waals surface area (Å²) in [5, 5.41) is 36.8. The second-order valence-electron chi connectivity index (χ2n) is 3.22. The largest absolute Gasteiger partial charge is 0.359 e. The molecular formula is C6N6O5. The van der Waals surface area contributed by atoms with Gasteiger partial charge in [0, 0.05) is 5.16 Å². The lowest BCUT2D eigenvalue weighted by Gasteiger charge is -1.86. The Labute approximate surface area is 88.8 Å². The van der Waals surface area contributed by atoms with Crippen LogP contribution in [0.5, 0.6) is 0 Å². The number of nitrogens with zero attached hydrogens (tertiary/aromatic N) is 6. The van der Waals surface area contributed by atoms with Crippen molar-refractivity contribution in [1.82, 2.24) is 20.6 Å². The Morgan fingerprint density at radius 1 is 0.706 bits per heavy atom. The van der Waals surface area contributed by atoms with Crippen LogP contribution in [-0.2, 0) is 0 Å². The van der Waals surface area contributed by atoms with E-state index in [1.54, 1.807) is 0 Å². The molecule has 3 aromatic heterocycles. The molecule has 0 aliphatic carbocycles. The Balaban J connectivity index is 2.52. The van der Waals surface area contributed by atoms with Crippen molar-refractivity contribution in [2.24, 2.45) is 0 Å². The van der Waals surface area contributed by atoms with E-state index in [9.17, 15) is 10.4 Å². The summed E-state index contributed by atoms with van der Waals surface area (Å²) >= 11 is 0. The number of fused-ring (bicyclic) bond motifs is 6. The van der Waals surface area contributed by atoms with Crippen LogP contribution in [0.1, 0.15) is 0 Å². The summed E-state index contributed by atoms with van der Waals surface area (Å²) in [6.07, 6.45) is 0. The molecule has 11 heteroatoms. The molecule has 84 valence electrons. The Hall–Kier alpha value is -2.98. The van der Waals surface area contributed by atoms with Crippen LogP contribution in [0.3, 0.4) is 0 Å². The molecule has 17 heavy (non-hydrogen) atoms. The molecule has 0 atom stereocenters. The lowest BCUT2D eigenvalue weighted by atomic mass is 10.2. The SMILES string of the molecule is [O-][n+]1onc2c1c1nonc1c1no[n+]([O-])c12. The van der Waals surface area contributed by atoms with Crippen molar-refractivity contribution >= 4 is 33.1 Å². The van der Waals surface area contributed by atoms with E-state index >= 15 is 0 Å². The predicted octanol–water partition coefficient (Wildman–Crippen LogP) is -1.23. The molecule has 0 radical (unpaired) electrons. The van der Waals surface area contributed by atoms with E-state index in [1.807, 2.05) is 0 Å². The summed E-state index contributed by atoms with van der Waals surface area (Å²) in [6, 6.07) is 0. The summed E-state index contributed by atoms with van der Waals surface area (Å²) in [5.74, 6) is 0. The summed E-state index contributed by atoms with van der Waals surface area (Å²) in [7, 11) is 0. The zero-order valence-electron chi connectivity index (χ0n) is 7.72. The molecule has 4 aromatic rings. The first-order valence-corrected chi connectivity index (χ1v) is 4.30. The summed E-state index contributed by atoms with van der Waals surface area (Å²) in [4.78, 5) is 0.211. The van der Waals surface area contributed by atoms with Crippen molar-refractivity contribution in [2.45, 2.75) is 0 Å². The molecule has 1 aromatic carbocycles. The van der Waals surface area contributed by atoms with Gasteiger partial charge in [-0.15, -0.1) is 0 Å². The fraction of sp³-hybridized carbons (Fsp3) is 0. The zero-order chi connectivity index (χ0) is 11.6. The van der Waals surface area contributed by atoms with E-state index < -0.39 is 0 Å². The van der Waals surface area contributed by atoms with Gasteiger partial charge < -0.3 is 10.4 Å². The average Bonchev–Trinajstić information content (AvgIpc) is 2.96. The van der Waals surface area contributed by atoms with E-state index in [0.717, 1.165) is 0 Å². The van der Waals surface area contributed by atoms with Gasteiger partial charge >= 0.3 is 5.52 Å². The second-order valence-corrected chi connectivity index (χ2v) is 3.22. The van der Waals surface area contributed by atoms with Crippen molar-refractivity contribution in [2.75, 3.05) is 0 Å².